The van der Waals surface area contributed by atoms with Gasteiger partial charge in [-0.15, -0.1) is 0 Å². The lowest BCUT2D eigenvalue weighted by molar-refractivity contribution is 0.613. The summed E-state index contributed by atoms with van der Waals surface area (Å²) in [5.74, 6) is 1.83. The maximum absolute atomic E-state index is 6.36. The number of unbranched alkanes of at least 4 members (excludes halogenated alkanes) is 3. The Balaban J connectivity index is 2.28. The van der Waals surface area contributed by atoms with E-state index in [4.69, 9.17) is 10.7 Å². The van der Waals surface area contributed by atoms with E-state index in [1.165, 1.54) is 25.7 Å². The van der Waals surface area contributed by atoms with Crippen molar-refractivity contribution in [2.45, 2.75) is 58.9 Å². The molecule has 0 fully saturated rings. The number of aryl methyl sites for hydroxylation is 1. The molecule has 1 aromatic carbocycles. The third-order valence-electron chi connectivity index (χ3n) is 3.84. The lowest BCUT2D eigenvalue weighted by Crippen LogP contribution is -2.07. The fourth-order valence-corrected chi connectivity index (χ4v) is 2.71. The molecule has 114 valence electrons. The Hall–Kier alpha value is -1.77. The molecule has 0 atom stereocenters. The van der Waals surface area contributed by atoms with Crippen molar-refractivity contribution < 1.29 is 0 Å². The van der Waals surface area contributed by atoms with E-state index in [2.05, 4.69) is 37.5 Å². The highest BCUT2D eigenvalue weighted by Gasteiger charge is 2.17. The Morgan fingerprint density at radius 1 is 1.10 bits per heavy atom. The van der Waals surface area contributed by atoms with Crippen LogP contribution in [0.3, 0.4) is 0 Å². The van der Waals surface area contributed by atoms with Gasteiger partial charge in [-0.25, -0.2) is 4.98 Å². The molecule has 1 heterocycles. The van der Waals surface area contributed by atoms with Gasteiger partial charge < -0.3 is 10.3 Å². The van der Waals surface area contributed by atoms with Crippen molar-refractivity contribution in [3.8, 4) is 11.4 Å². The number of hydrogen-bond donors (Lipinski definition) is 1. The number of hydrogen-bond acceptors (Lipinski definition) is 2. The number of benzene rings is 1. The molecule has 0 saturated carbocycles. The van der Waals surface area contributed by atoms with E-state index in [-0.39, 0.29) is 0 Å². The van der Waals surface area contributed by atoms with Crippen LogP contribution in [-0.4, -0.2) is 9.55 Å². The second-order valence-electron chi connectivity index (χ2n) is 5.91. The average molecular weight is 285 g/mol. The van der Waals surface area contributed by atoms with E-state index in [0.29, 0.717) is 6.04 Å². The van der Waals surface area contributed by atoms with Crippen LogP contribution in [0.15, 0.2) is 30.3 Å². The molecule has 0 amide bonds. The van der Waals surface area contributed by atoms with Crippen LogP contribution in [0.5, 0.6) is 0 Å². The van der Waals surface area contributed by atoms with Crippen LogP contribution < -0.4 is 5.73 Å². The molecule has 0 aliphatic carbocycles. The number of nitrogen functional groups attached to an aromatic ring is 1. The van der Waals surface area contributed by atoms with Crippen LogP contribution in [0.25, 0.3) is 11.4 Å². The van der Waals surface area contributed by atoms with Crippen LogP contribution in [0.1, 0.15) is 58.2 Å². The van der Waals surface area contributed by atoms with Crippen molar-refractivity contribution in [3.05, 3.63) is 36.0 Å². The molecule has 0 bridgehead atoms. The predicted molar refractivity (Wildman–Crippen MR) is 90.3 cm³/mol. The van der Waals surface area contributed by atoms with Crippen molar-refractivity contribution in [2.24, 2.45) is 0 Å². The first-order valence-electron chi connectivity index (χ1n) is 8.07. The van der Waals surface area contributed by atoms with Gasteiger partial charge in [-0.05, 0) is 26.7 Å². The highest BCUT2D eigenvalue weighted by atomic mass is 15.2. The summed E-state index contributed by atoms with van der Waals surface area (Å²) in [5.41, 5.74) is 8.55. The van der Waals surface area contributed by atoms with E-state index in [1.54, 1.807) is 0 Å². The molecular weight excluding hydrogens is 258 g/mol. The molecule has 0 spiro atoms. The third-order valence-corrected chi connectivity index (χ3v) is 3.84. The lowest BCUT2D eigenvalue weighted by atomic mass is 10.1. The van der Waals surface area contributed by atoms with Gasteiger partial charge in [-0.3, -0.25) is 0 Å². The normalized spacial score (nSPS) is 11.2. The molecule has 1 aromatic heterocycles. The van der Waals surface area contributed by atoms with Crippen LogP contribution in [0, 0.1) is 0 Å². The molecule has 0 saturated heterocycles. The summed E-state index contributed by atoms with van der Waals surface area (Å²) in [5, 5.41) is 0. The number of nitrogens with two attached hydrogens (primary N) is 1. The number of imidazole rings is 1. The van der Waals surface area contributed by atoms with Crippen LogP contribution >= 0.6 is 0 Å². The first-order chi connectivity index (χ1) is 10.1. The molecule has 2 rings (SSSR count). The summed E-state index contributed by atoms with van der Waals surface area (Å²) >= 11 is 0. The predicted octanol–water partition coefficient (Wildman–Crippen LogP) is 4.84. The molecule has 3 nitrogen and oxygen atoms in total. The van der Waals surface area contributed by atoms with E-state index in [0.717, 1.165) is 29.3 Å². The second kappa shape index (κ2) is 7.30. The molecule has 0 radical (unpaired) electrons. The molecule has 2 aromatic rings. The van der Waals surface area contributed by atoms with Crippen LogP contribution in [0.2, 0.25) is 0 Å². The maximum atomic E-state index is 6.36. The summed E-state index contributed by atoms with van der Waals surface area (Å²) < 4.78 is 2.16. The first kappa shape index (κ1) is 15.6. The standard InChI is InChI=1S/C18H27N3/c1-4-5-6-10-13-16-17(19)21(14(2)3)18(20-16)15-11-8-7-9-12-15/h7-9,11-12,14H,4-6,10,13,19H2,1-3H3. The fraction of sp³-hybridized carbons (Fsp3) is 0.500. The van der Waals surface area contributed by atoms with Gasteiger partial charge in [0.2, 0.25) is 0 Å². The Morgan fingerprint density at radius 2 is 1.81 bits per heavy atom. The number of nitrogens with zero attached hydrogens (tertiary/aromatic N) is 2. The van der Waals surface area contributed by atoms with E-state index in [9.17, 15) is 0 Å². The van der Waals surface area contributed by atoms with Gasteiger partial charge in [0.1, 0.15) is 11.6 Å². The molecule has 0 aliphatic rings. The minimum atomic E-state index is 0.317. The monoisotopic (exact) mass is 285 g/mol. The average Bonchev–Trinajstić information content (AvgIpc) is 2.82. The number of rotatable bonds is 7. The van der Waals surface area contributed by atoms with Gasteiger partial charge in [0.25, 0.3) is 0 Å². The Bertz CT molecular complexity index is 555. The Labute approximate surface area is 128 Å². The summed E-state index contributed by atoms with van der Waals surface area (Å²) in [7, 11) is 0. The largest absolute Gasteiger partial charge is 0.384 e. The van der Waals surface area contributed by atoms with Crippen molar-refractivity contribution in [3.63, 3.8) is 0 Å². The van der Waals surface area contributed by atoms with Gasteiger partial charge in [-0.2, -0.15) is 0 Å². The van der Waals surface area contributed by atoms with Gasteiger partial charge in [-0.1, -0.05) is 56.5 Å². The molecule has 3 heteroatoms. The quantitative estimate of drug-likeness (QED) is 0.740. The van der Waals surface area contributed by atoms with Crippen molar-refractivity contribution >= 4 is 5.82 Å². The third kappa shape index (κ3) is 3.66. The highest BCUT2D eigenvalue weighted by molar-refractivity contribution is 5.60. The SMILES string of the molecule is CCCCCCc1nc(-c2ccccc2)n(C(C)C)c1N. The Kier molecular flexibility index (Phi) is 5.43. The van der Waals surface area contributed by atoms with Crippen molar-refractivity contribution in [1.29, 1.82) is 0 Å². The number of anilines is 1. The molecular formula is C18H27N3. The maximum Gasteiger partial charge on any atom is 0.142 e. The summed E-state index contributed by atoms with van der Waals surface area (Å²) in [4.78, 5) is 4.84. The molecule has 21 heavy (non-hydrogen) atoms. The zero-order valence-electron chi connectivity index (χ0n) is 13.5. The Morgan fingerprint density at radius 3 is 2.43 bits per heavy atom. The zero-order valence-corrected chi connectivity index (χ0v) is 13.5. The highest BCUT2D eigenvalue weighted by Crippen LogP contribution is 2.28. The summed E-state index contributed by atoms with van der Waals surface area (Å²) in [6.07, 6.45) is 5.94. The smallest absolute Gasteiger partial charge is 0.142 e. The summed E-state index contributed by atoms with van der Waals surface area (Å²) in [6.45, 7) is 6.55. The van der Waals surface area contributed by atoms with Gasteiger partial charge in [0.05, 0.1) is 5.69 Å². The minimum Gasteiger partial charge on any atom is -0.384 e. The lowest BCUT2D eigenvalue weighted by Gasteiger charge is -2.13. The molecule has 2 N–H and O–H groups in total. The van der Waals surface area contributed by atoms with E-state index >= 15 is 0 Å². The number of aromatic nitrogens is 2. The topological polar surface area (TPSA) is 43.8 Å². The van der Waals surface area contributed by atoms with Crippen LogP contribution in [0.4, 0.5) is 5.82 Å². The van der Waals surface area contributed by atoms with Gasteiger partial charge >= 0.3 is 0 Å². The fourth-order valence-electron chi connectivity index (χ4n) is 2.71. The summed E-state index contributed by atoms with van der Waals surface area (Å²) in [6, 6.07) is 10.6. The van der Waals surface area contributed by atoms with Gasteiger partial charge in [0, 0.05) is 11.6 Å². The van der Waals surface area contributed by atoms with Gasteiger partial charge in [0.15, 0.2) is 0 Å². The minimum absolute atomic E-state index is 0.317. The van der Waals surface area contributed by atoms with E-state index in [1.807, 2.05) is 18.2 Å². The molecule has 0 aliphatic heterocycles. The van der Waals surface area contributed by atoms with Crippen molar-refractivity contribution in [1.82, 2.24) is 9.55 Å². The van der Waals surface area contributed by atoms with Crippen molar-refractivity contribution in [2.75, 3.05) is 5.73 Å². The van der Waals surface area contributed by atoms with E-state index < -0.39 is 0 Å². The first-order valence-corrected chi connectivity index (χ1v) is 8.07. The zero-order chi connectivity index (χ0) is 15.2. The van der Waals surface area contributed by atoms with Crippen LogP contribution in [-0.2, 0) is 6.42 Å². The second-order valence-corrected chi connectivity index (χ2v) is 5.91. The molecule has 0 unspecified atom stereocenters.